The highest BCUT2D eigenvalue weighted by Crippen LogP contribution is 2.21. The van der Waals surface area contributed by atoms with Crippen LogP contribution in [-0.4, -0.2) is 0 Å². The lowest BCUT2D eigenvalue weighted by Crippen LogP contribution is -1.97. The maximum absolute atomic E-state index is 3.92. The molecule has 0 amide bonds. The molecule has 25 heavy (non-hydrogen) atoms. The lowest BCUT2D eigenvalue weighted by atomic mass is 9.93. The van der Waals surface area contributed by atoms with Crippen molar-refractivity contribution in [1.82, 2.24) is 0 Å². The summed E-state index contributed by atoms with van der Waals surface area (Å²) in [4.78, 5) is 0. The minimum atomic E-state index is 0.952. The molecule has 1 radical (unpaired) electrons. The summed E-state index contributed by atoms with van der Waals surface area (Å²) < 4.78 is 0. The summed E-state index contributed by atoms with van der Waals surface area (Å²) >= 11 is 0. The van der Waals surface area contributed by atoms with Gasteiger partial charge in [0, 0.05) is 0 Å². The van der Waals surface area contributed by atoms with Crippen molar-refractivity contribution >= 4 is 0 Å². The van der Waals surface area contributed by atoms with Gasteiger partial charge in [-0.15, -0.1) is 0 Å². The molecule has 0 aromatic carbocycles. The minimum Gasteiger partial charge on any atom is -0.0654 e. The van der Waals surface area contributed by atoms with Crippen LogP contribution in [0.5, 0.6) is 0 Å². The normalized spacial score (nSPS) is 13.9. The van der Waals surface area contributed by atoms with Crippen LogP contribution in [0.3, 0.4) is 0 Å². The molecule has 0 aliphatic carbocycles. The SMILES string of the molecule is [CH2]CCCCCCCC(C)CCCCCC(C)CCCCCCCC. The van der Waals surface area contributed by atoms with Crippen LogP contribution >= 0.6 is 0 Å². The predicted octanol–water partition coefficient (Wildman–Crippen LogP) is 9.52. The van der Waals surface area contributed by atoms with Crippen molar-refractivity contribution < 1.29 is 0 Å². The van der Waals surface area contributed by atoms with Gasteiger partial charge in [0.25, 0.3) is 0 Å². The fraction of sp³-hybridized carbons (Fsp3) is 0.960. The Hall–Kier alpha value is 0. The first-order chi connectivity index (χ1) is 12.2. The van der Waals surface area contributed by atoms with E-state index in [1.54, 1.807) is 0 Å². The first kappa shape index (κ1) is 25.0. The first-order valence-corrected chi connectivity index (χ1v) is 12.0. The predicted molar refractivity (Wildman–Crippen MR) is 117 cm³/mol. The molecular formula is C25H51. The number of unbranched alkanes of at least 4 members (excludes halogenated alkanes) is 12. The van der Waals surface area contributed by atoms with Gasteiger partial charge < -0.3 is 0 Å². The molecule has 0 nitrogen and oxygen atoms in total. The molecule has 0 aliphatic heterocycles. The molecule has 0 saturated heterocycles. The molecule has 0 bridgehead atoms. The second kappa shape index (κ2) is 20.3. The summed E-state index contributed by atoms with van der Waals surface area (Å²) in [7, 11) is 0. The van der Waals surface area contributed by atoms with Crippen molar-refractivity contribution in [3.05, 3.63) is 6.92 Å². The minimum absolute atomic E-state index is 0.952. The van der Waals surface area contributed by atoms with Crippen molar-refractivity contribution in [1.29, 1.82) is 0 Å². The van der Waals surface area contributed by atoms with Crippen LogP contribution in [0.2, 0.25) is 0 Å². The van der Waals surface area contributed by atoms with E-state index in [2.05, 4.69) is 27.7 Å². The van der Waals surface area contributed by atoms with Crippen molar-refractivity contribution in [3.8, 4) is 0 Å². The van der Waals surface area contributed by atoms with Gasteiger partial charge in [-0.05, 0) is 11.8 Å². The summed E-state index contributed by atoms with van der Waals surface area (Å²) in [5.41, 5.74) is 0. The van der Waals surface area contributed by atoms with Gasteiger partial charge in [-0.2, -0.15) is 0 Å². The Balaban J connectivity index is 3.27. The molecule has 0 heteroatoms. The fourth-order valence-electron chi connectivity index (χ4n) is 3.92. The van der Waals surface area contributed by atoms with E-state index in [0.29, 0.717) is 0 Å². The smallest absolute Gasteiger partial charge is 0.0443 e. The number of rotatable bonds is 20. The zero-order valence-corrected chi connectivity index (χ0v) is 18.3. The molecule has 151 valence electrons. The second-order valence-corrected chi connectivity index (χ2v) is 8.81. The third kappa shape index (κ3) is 20.2. The molecule has 2 unspecified atom stereocenters. The molecule has 0 saturated carbocycles. The van der Waals surface area contributed by atoms with Crippen LogP contribution in [0, 0.1) is 18.8 Å². The van der Waals surface area contributed by atoms with Gasteiger partial charge in [-0.3, -0.25) is 0 Å². The highest BCUT2D eigenvalue weighted by Gasteiger charge is 2.04. The Morgan fingerprint density at radius 3 is 1.20 bits per heavy atom. The van der Waals surface area contributed by atoms with Gasteiger partial charge in [0.1, 0.15) is 0 Å². The van der Waals surface area contributed by atoms with Crippen molar-refractivity contribution in [2.75, 3.05) is 0 Å². The molecule has 0 heterocycles. The van der Waals surface area contributed by atoms with E-state index >= 15 is 0 Å². The molecule has 0 fully saturated rings. The van der Waals surface area contributed by atoms with Crippen LogP contribution in [0.15, 0.2) is 0 Å². The Morgan fingerprint density at radius 2 is 0.800 bits per heavy atom. The maximum Gasteiger partial charge on any atom is -0.0443 e. The monoisotopic (exact) mass is 351 g/mol. The van der Waals surface area contributed by atoms with E-state index in [1.165, 1.54) is 116 Å². The molecule has 0 aromatic rings. The molecule has 0 rings (SSSR count). The molecular weight excluding hydrogens is 300 g/mol. The topological polar surface area (TPSA) is 0 Å². The summed E-state index contributed by atoms with van der Waals surface area (Å²) in [6.45, 7) is 11.2. The van der Waals surface area contributed by atoms with Crippen molar-refractivity contribution in [2.45, 2.75) is 143 Å². The van der Waals surface area contributed by atoms with Gasteiger partial charge >= 0.3 is 0 Å². The average Bonchev–Trinajstić information content (AvgIpc) is 2.60. The lowest BCUT2D eigenvalue weighted by molar-refractivity contribution is 0.408. The van der Waals surface area contributed by atoms with Gasteiger partial charge in [0.15, 0.2) is 0 Å². The summed E-state index contributed by atoms with van der Waals surface area (Å²) in [6, 6.07) is 0. The number of hydrogen-bond donors (Lipinski definition) is 0. The third-order valence-electron chi connectivity index (χ3n) is 5.89. The fourth-order valence-corrected chi connectivity index (χ4v) is 3.92. The van der Waals surface area contributed by atoms with E-state index < -0.39 is 0 Å². The van der Waals surface area contributed by atoms with Gasteiger partial charge in [-0.1, -0.05) is 150 Å². The average molecular weight is 352 g/mol. The Bertz CT molecular complexity index is 208. The summed E-state index contributed by atoms with van der Waals surface area (Å²) in [5.74, 6) is 1.91. The molecule has 0 N–H and O–H groups in total. The van der Waals surface area contributed by atoms with Crippen molar-refractivity contribution in [3.63, 3.8) is 0 Å². The third-order valence-corrected chi connectivity index (χ3v) is 5.89. The molecule has 0 spiro atoms. The maximum atomic E-state index is 3.92. The van der Waals surface area contributed by atoms with Crippen LogP contribution in [0.4, 0.5) is 0 Å². The van der Waals surface area contributed by atoms with Crippen LogP contribution in [0.25, 0.3) is 0 Å². The van der Waals surface area contributed by atoms with E-state index in [4.69, 9.17) is 0 Å². The van der Waals surface area contributed by atoms with E-state index in [9.17, 15) is 0 Å². The van der Waals surface area contributed by atoms with E-state index in [1.807, 2.05) is 0 Å². The van der Waals surface area contributed by atoms with Gasteiger partial charge in [0.2, 0.25) is 0 Å². The standard InChI is InChI=1S/C25H51/c1-5-7-9-11-13-16-20-24(3)22-18-15-19-23-25(4)21-17-14-12-10-8-6-2/h24-25H,1,5-23H2,2-4H3. The Morgan fingerprint density at radius 1 is 0.480 bits per heavy atom. The Labute approximate surface area is 161 Å². The Kier molecular flexibility index (Phi) is 20.3. The summed E-state index contributed by atoms with van der Waals surface area (Å²) in [6.07, 6.45) is 27.1. The molecule has 0 aromatic heterocycles. The van der Waals surface area contributed by atoms with Crippen LogP contribution in [0.1, 0.15) is 143 Å². The van der Waals surface area contributed by atoms with Gasteiger partial charge in [0.05, 0.1) is 0 Å². The quantitative estimate of drug-likeness (QED) is 0.191. The second-order valence-electron chi connectivity index (χ2n) is 8.81. The van der Waals surface area contributed by atoms with Crippen LogP contribution < -0.4 is 0 Å². The van der Waals surface area contributed by atoms with Crippen LogP contribution in [-0.2, 0) is 0 Å². The molecule has 0 aliphatic rings. The van der Waals surface area contributed by atoms with E-state index in [-0.39, 0.29) is 0 Å². The highest BCUT2D eigenvalue weighted by molar-refractivity contribution is 4.58. The zero-order chi connectivity index (χ0) is 18.6. The van der Waals surface area contributed by atoms with Gasteiger partial charge in [-0.25, -0.2) is 0 Å². The first-order valence-electron chi connectivity index (χ1n) is 12.0. The lowest BCUT2D eigenvalue weighted by Gasteiger charge is -2.13. The van der Waals surface area contributed by atoms with E-state index in [0.717, 1.165) is 18.3 Å². The number of hydrogen-bond acceptors (Lipinski definition) is 0. The molecule has 2 atom stereocenters. The zero-order valence-electron chi connectivity index (χ0n) is 18.3. The highest BCUT2D eigenvalue weighted by atomic mass is 14.1. The largest absolute Gasteiger partial charge is 0.0654 e. The summed E-state index contributed by atoms with van der Waals surface area (Å²) in [5, 5.41) is 0. The van der Waals surface area contributed by atoms with Crippen molar-refractivity contribution in [2.24, 2.45) is 11.8 Å².